The summed E-state index contributed by atoms with van der Waals surface area (Å²) in [5.41, 5.74) is 19.7. The Morgan fingerprint density at radius 1 is 0.234 bits per heavy atom. The van der Waals surface area contributed by atoms with Crippen LogP contribution < -0.4 is 0 Å². The highest BCUT2D eigenvalue weighted by Crippen LogP contribution is 2.48. The third-order valence-electron chi connectivity index (χ3n) is 13.8. The van der Waals surface area contributed by atoms with Crippen LogP contribution in [0.1, 0.15) is 0 Å². The molecule has 296 valence electrons. The molecular weight excluding hydrogens is 773 g/mol. The van der Waals surface area contributed by atoms with Gasteiger partial charge in [0.15, 0.2) is 0 Å². The van der Waals surface area contributed by atoms with Crippen molar-refractivity contribution in [3.63, 3.8) is 0 Å². The fourth-order valence-corrected chi connectivity index (χ4v) is 10.9. The average Bonchev–Trinajstić information content (AvgIpc) is 4.00. The van der Waals surface area contributed by atoms with E-state index in [1.54, 1.807) is 0 Å². The van der Waals surface area contributed by atoms with Crippen molar-refractivity contribution < 1.29 is 0 Å². The Kier molecular flexibility index (Phi) is 7.43. The number of hydrogen-bond acceptors (Lipinski definition) is 0. The van der Waals surface area contributed by atoms with Crippen LogP contribution in [0.2, 0.25) is 0 Å². The van der Waals surface area contributed by atoms with Crippen molar-refractivity contribution in [3.8, 4) is 67.0 Å². The van der Waals surface area contributed by atoms with Crippen LogP contribution in [0.4, 0.5) is 0 Å². The van der Waals surface area contributed by atoms with Crippen LogP contribution >= 0.6 is 0 Å². The number of nitrogens with zero attached hydrogens (tertiary/aromatic N) is 2. The van der Waals surface area contributed by atoms with Gasteiger partial charge < -0.3 is 9.13 Å². The molecule has 2 heteroatoms. The summed E-state index contributed by atoms with van der Waals surface area (Å²) in [5, 5.41) is 10.2. The lowest BCUT2D eigenvalue weighted by Gasteiger charge is -2.12. The van der Waals surface area contributed by atoms with Gasteiger partial charge in [0.2, 0.25) is 0 Å². The second kappa shape index (κ2) is 13.5. The van der Waals surface area contributed by atoms with Crippen molar-refractivity contribution in [1.82, 2.24) is 9.13 Å². The van der Waals surface area contributed by atoms with Crippen LogP contribution in [-0.2, 0) is 0 Å². The third-order valence-corrected chi connectivity index (χ3v) is 13.8. The fourth-order valence-electron chi connectivity index (χ4n) is 10.9. The minimum atomic E-state index is 1.15. The van der Waals surface area contributed by atoms with Crippen LogP contribution in [0.5, 0.6) is 0 Å². The Morgan fingerprint density at radius 2 is 0.797 bits per heavy atom. The van der Waals surface area contributed by atoms with Gasteiger partial charge in [-0.3, -0.25) is 0 Å². The van der Waals surface area contributed by atoms with Gasteiger partial charge in [-0.15, -0.1) is 0 Å². The van der Waals surface area contributed by atoms with Crippen molar-refractivity contribution in [2.75, 3.05) is 0 Å². The maximum atomic E-state index is 2.47. The molecule has 1 aliphatic rings. The van der Waals surface area contributed by atoms with E-state index in [-0.39, 0.29) is 0 Å². The topological polar surface area (TPSA) is 9.86 Å². The normalized spacial score (nSPS) is 12.1. The highest BCUT2D eigenvalue weighted by molar-refractivity contribution is 6.20. The summed E-state index contributed by atoms with van der Waals surface area (Å²) in [4.78, 5) is 0. The molecule has 1 aliphatic carbocycles. The molecule has 64 heavy (non-hydrogen) atoms. The van der Waals surface area contributed by atoms with Gasteiger partial charge >= 0.3 is 0 Å². The molecule has 0 saturated carbocycles. The lowest BCUT2D eigenvalue weighted by molar-refractivity contribution is 1.18. The molecule has 14 rings (SSSR count). The summed E-state index contributed by atoms with van der Waals surface area (Å²) < 4.78 is 4.89. The van der Waals surface area contributed by atoms with E-state index >= 15 is 0 Å². The Labute approximate surface area is 370 Å². The molecule has 2 nitrogen and oxygen atoms in total. The molecule has 0 radical (unpaired) electrons. The van der Waals surface area contributed by atoms with Gasteiger partial charge in [-0.1, -0.05) is 170 Å². The number of para-hydroxylation sites is 1. The van der Waals surface area contributed by atoms with Crippen molar-refractivity contribution in [2.24, 2.45) is 0 Å². The lowest BCUT2D eigenvalue weighted by Crippen LogP contribution is -1.95. The molecule has 0 fully saturated rings. The molecule has 0 bridgehead atoms. The zero-order valence-corrected chi connectivity index (χ0v) is 34.8. The van der Waals surface area contributed by atoms with E-state index in [0.717, 1.165) is 11.4 Å². The van der Waals surface area contributed by atoms with E-state index in [4.69, 9.17) is 0 Å². The number of rotatable bonds is 5. The van der Waals surface area contributed by atoms with Crippen LogP contribution in [-0.4, -0.2) is 9.13 Å². The van der Waals surface area contributed by atoms with Gasteiger partial charge in [-0.2, -0.15) is 0 Å². The van der Waals surface area contributed by atoms with Gasteiger partial charge in [0.1, 0.15) is 0 Å². The number of hydrogen-bond donors (Lipinski definition) is 0. The first-order chi connectivity index (χ1) is 31.7. The highest BCUT2D eigenvalue weighted by Gasteiger charge is 2.22. The maximum absolute atomic E-state index is 2.47. The smallest absolute Gasteiger partial charge is 0.0619 e. The summed E-state index contributed by atoms with van der Waals surface area (Å²) >= 11 is 0. The summed E-state index contributed by atoms with van der Waals surface area (Å²) in [7, 11) is 0. The molecule has 0 unspecified atom stereocenters. The van der Waals surface area contributed by atoms with Gasteiger partial charge in [-0.25, -0.2) is 0 Å². The summed E-state index contributed by atoms with van der Waals surface area (Å²) in [6, 6.07) is 85.2. The van der Waals surface area contributed by atoms with Crippen LogP contribution in [0, 0.1) is 0 Å². The number of aromatic nitrogens is 2. The summed E-state index contributed by atoms with van der Waals surface area (Å²) in [6.45, 7) is 0. The molecular formula is C62H38N2. The average molecular weight is 811 g/mol. The zero-order chi connectivity index (χ0) is 41.9. The second-order valence-electron chi connectivity index (χ2n) is 17.3. The van der Waals surface area contributed by atoms with Crippen LogP contribution in [0.15, 0.2) is 231 Å². The minimum Gasteiger partial charge on any atom is -0.309 e. The van der Waals surface area contributed by atoms with Crippen LogP contribution in [0.25, 0.3) is 132 Å². The van der Waals surface area contributed by atoms with E-state index in [2.05, 4.69) is 240 Å². The van der Waals surface area contributed by atoms with Gasteiger partial charge in [0, 0.05) is 38.3 Å². The fraction of sp³-hybridized carbons (Fsp3) is 0. The minimum absolute atomic E-state index is 1.15. The molecule has 2 aromatic heterocycles. The lowest BCUT2D eigenvalue weighted by atomic mass is 9.97. The quantitative estimate of drug-likeness (QED) is 0.164. The zero-order valence-electron chi connectivity index (χ0n) is 34.8. The molecule has 0 N–H and O–H groups in total. The van der Waals surface area contributed by atoms with Crippen molar-refractivity contribution >= 4 is 65.2 Å². The van der Waals surface area contributed by atoms with Gasteiger partial charge in [0.25, 0.3) is 0 Å². The predicted octanol–water partition coefficient (Wildman–Crippen LogP) is 16.8. The van der Waals surface area contributed by atoms with E-state index in [1.165, 1.54) is 121 Å². The molecule has 11 aromatic carbocycles. The predicted molar refractivity (Wildman–Crippen MR) is 271 cm³/mol. The SMILES string of the molecule is c1ccc(-c2cccc(-n3c4ccc(-c5ccc6c(c5)c5ccccc5n6-c5ccc(-c6ccc7c(c6)-c6cccc8cccc-7c68)cc5)cc4c4ccc5ccccc5c43)c2)cc1. The Balaban J connectivity index is 0.876. The first-order valence-electron chi connectivity index (χ1n) is 22.2. The van der Waals surface area contributed by atoms with Crippen molar-refractivity contribution in [2.45, 2.75) is 0 Å². The molecule has 13 aromatic rings. The highest BCUT2D eigenvalue weighted by atomic mass is 15.0. The van der Waals surface area contributed by atoms with Crippen molar-refractivity contribution in [3.05, 3.63) is 231 Å². The maximum Gasteiger partial charge on any atom is 0.0619 e. The summed E-state index contributed by atoms with van der Waals surface area (Å²) in [5.74, 6) is 0. The number of benzene rings is 11. The number of fused-ring (bicyclic) bond motifs is 11. The van der Waals surface area contributed by atoms with E-state index < -0.39 is 0 Å². The van der Waals surface area contributed by atoms with E-state index in [9.17, 15) is 0 Å². The second-order valence-corrected chi connectivity index (χ2v) is 17.3. The molecule has 0 aliphatic heterocycles. The Bertz CT molecular complexity index is 4050. The standard InChI is InChI=1S/C62H38N2/c1-2-11-39(12-3-1)43-16-8-17-48(35-43)64-60-34-28-46(38-57(60)54-32-25-41-13-4-5-18-49(41)62(54)64)45-27-33-59-56(37-45)51-19-6-7-22-58(51)63(59)47-29-23-40(24-30-47)44-26-31-50-52-20-9-14-42-15-10-21-53(61(42)52)55(50)36-44/h1-38H. The molecule has 0 saturated heterocycles. The Hall–Kier alpha value is -8.46. The van der Waals surface area contributed by atoms with Gasteiger partial charge in [-0.05, 0) is 132 Å². The van der Waals surface area contributed by atoms with Gasteiger partial charge in [0.05, 0.1) is 22.1 Å². The molecule has 0 atom stereocenters. The first kappa shape index (κ1) is 35.2. The monoisotopic (exact) mass is 810 g/mol. The third kappa shape index (κ3) is 5.14. The molecule has 0 spiro atoms. The first-order valence-corrected chi connectivity index (χ1v) is 22.2. The van der Waals surface area contributed by atoms with E-state index in [1.807, 2.05) is 0 Å². The van der Waals surface area contributed by atoms with Crippen LogP contribution in [0.3, 0.4) is 0 Å². The Morgan fingerprint density at radius 3 is 1.61 bits per heavy atom. The van der Waals surface area contributed by atoms with Crippen molar-refractivity contribution in [1.29, 1.82) is 0 Å². The summed E-state index contributed by atoms with van der Waals surface area (Å²) in [6.07, 6.45) is 0. The molecule has 2 heterocycles. The molecule has 0 amide bonds. The largest absolute Gasteiger partial charge is 0.309 e. The van der Waals surface area contributed by atoms with E-state index in [0.29, 0.717) is 0 Å².